The van der Waals surface area contributed by atoms with E-state index in [2.05, 4.69) is 46.5 Å². The van der Waals surface area contributed by atoms with E-state index in [4.69, 9.17) is 0 Å². The Hall–Kier alpha value is -0.490. The van der Waals surface area contributed by atoms with Crippen LogP contribution < -0.4 is 5.32 Å². The van der Waals surface area contributed by atoms with Crippen LogP contribution in [0.5, 0.6) is 0 Å². The van der Waals surface area contributed by atoms with E-state index in [-0.39, 0.29) is 0 Å². The third-order valence-electron chi connectivity index (χ3n) is 4.11. The summed E-state index contributed by atoms with van der Waals surface area (Å²) in [6.07, 6.45) is 5.40. The van der Waals surface area contributed by atoms with Crippen molar-refractivity contribution in [2.24, 2.45) is 0 Å². The molecule has 0 radical (unpaired) electrons. The van der Waals surface area contributed by atoms with Crippen LogP contribution in [0.15, 0.2) is 11.6 Å². The molecule has 20 heavy (non-hydrogen) atoms. The topological polar surface area (TPSA) is 31.4 Å². The molecule has 1 aliphatic rings. The molecule has 1 aliphatic heterocycles. The number of nitrogens with zero attached hydrogens (tertiary/aromatic N) is 3. The molecule has 0 aliphatic carbocycles. The predicted octanol–water partition coefficient (Wildman–Crippen LogP) is 1.69. The van der Waals surface area contributed by atoms with Gasteiger partial charge in [0.15, 0.2) is 0 Å². The normalized spacial score (nSPS) is 23.6. The molecule has 5 heteroatoms. The lowest BCUT2D eigenvalue weighted by Gasteiger charge is -2.35. The lowest BCUT2D eigenvalue weighted by molar-refractivity contribution is 0.177. The first-order chi connectivity index (χ1) is 9.70. The Bertz CT molecular complexity index is 368. The van der Waals surface area contributed by atoms with Gasteiger partial charge in [-0.1, -0.05) is 6.92 Å². The van der Waals surface area contributed by atoms with Gasteiger partial charge in [-0.05, 0) is 46.6 Å². The number of nitrogens with one attached hydrogen (secondary N) is 1. The van der Waals surface area contributed by atoms with Crippen molar-refractivity contribution in [3.63, 3.8) is 0 Å². The molecule has 1 aromatic rings. The molecule has 1 N–H and O–H groups in total. The highest BCUT2D eigenvalue weighted by atomic mass is 32.1. The van der Waals surface area contributed by atoms with Crippen molar-refractivity contribution in [3.05, 3.63) is 16.6 Å². The van der Waals surface area contributed by atoms with Gasteiger partial charge in [0.1, 0.15) is 0 Å². The second kappa shape index (κ2) is 8.08. The van der Waals surface area contributed by atoms with Crippen LogP contribution >= 0.6 is 11.3 Å². The number of hydrogen-bond acceptors (Lipinski definition) is 5. The van der Waals surface area contributed by atoms with Gasteiger partial charge in [-0.25, -0.2) is 4.98 Å². The quantitative estimate of drug-likeness (QED) is 0.866. The highest BCUT2D eigenvalue weighted by Crippen LogP contribution is 2.16. The van der Waals surface area contributed by atoms with E-state index in [0.717, 1.165) is 19.5 Å². The largest absolute Gasteiger partial charge is 0.312 e. The Morgan fingerprint density at radius 3 is 3.00 bits per heavy atom. The van der Waals surface area contributed by atoms with Crippen LogP contribution in [-0.2, 0) is 6.42 Å². The Balaban J connectivity index is 2.06. The molecule has 114 valence electrons. The van der Waals surface area contributed by atoms with Crippen molar-refractivity contribution in [1.29, 1.82) is 0 Å². The Morgan fingerprint density at radius 1 is 1.45 bits per heavy atom. The highest BCUT2D eigenvalue weighted by molar-refractivity contribution is 7.09. The van der Waals surface area contributed by atoms with Crippen LogP contribution in [-0.4, -0.2) is 67.1 Å². The first-order valence-corrected chi connectivity index (χ1v) is 8.59. The van der Waals surface area contributed by atoms with Gasteiger partial charge >= 0.3 is 0 Å². The fraction of sp³-hybridized carbons (Fsp3) is 0.800. The fourth-order valence-electron chi connectivity index (χ4n) is 2.96. The molecule has 0 spiro atoms. The second-order valence-electron chi connectivity index (χ2n) is 5.85. The summed E-state index contributed by atoms with van der Waals surface area (Å²) in [6.45, 7) is 6.86. The second-order valence-corrected chi connectivity index (χ2v) is 6.83. The molecule has 1 saturated heterocycles. The van der Waals surface area contributed by atoms with Crippen LogP contribution in [0.1, 0.15) is 24.8 Å². The van der Waals surface area contributed by atoms with Crippen LogP contribution in [0.25, 0.3) is 0 Å². The molecule has 0 aromatic carbocycles. The molecule has 2 unspecified atom stereocenters. The molecule has 0 amide bonds. The summed E-state index contributed by atoms with van der Waals surface area (Å²) in [5.41, 5.74) is 0. The van der Waals surface area contributed by atoms with E-state index >= 15 is 0 Å². The van der Waals surface area contributed by atoms with Crippen LogP contribution in [0.2, 0.25) is 0 Å². The molecule has 0 saturated carbocycles. The van der Waals surface area contributed by atoms with E-state index in [1.165, 1.54) is 30.9 Å². The smallest absolute Gasteiger partial charge is 0.0940 e. The maximum absolute atomic E-state index is 4.47. The standard InChI is InChI=1S/C15H28N4S/c1-4-6-16-13(11-15-17-7-10-20-15)14-12-18(2)8-5-9-19(14)3/h7,10,13-14,16H,4-6,8-9,11-12H2,1-3H3. The molecular formula is C15H28N4S. The van der Waals surface area contributed by atoms with Crippen molar-refractivity contribution in [2.45, 2.75) is 38.3 Å². The first-order valence-electron chi connectivity index (χ1n) is 7.71. The molecule has 4 nitrogen and oxygen atoms in total. The lowest BCUT2D eigenvalue weighted by atomic mass is 10.0. The van der Waals surface area contributed by atoms with Crippen molar-refractivity contribution in [3.8, 4) is 0 Å². The molecule has 2 heterocycles. The zero-order chi connectivity index (χ0) is 14.4. The van der Waals surface area contributed by atoms with E-state index in [1.807, 2.05) is 6.20 Å². The zero-order valence-corrected chi connectivity index (χ0v) is 13.8. The van der Waals surface area contributed by atoms with Gasteiger partial charge in [-0.3, -0.25) is 0 Å². The fourth-order valence-corrected chi connectivity index (χ4v) is 3.63. The molecule has 2 atom stereocenters. The molecule has 2 rings (SSSR count). The molecule has 0 bridgehead atoms. The summed E-state index contributed by atoms with van der Waals surface area (Å²) in [5.74, 6) is 0. The summed E-state index contributed by atoms with van der Waals surface area (Å²) >= 11 is 1.77. The SMILES string of the molecule is CCCNC(Cc1nccs1)C1CN(C)CCCN1C. The van der Waals surface area contributed by atoms with Gasteiger partial charge in [0, 0.05) is 36.6 Å². The monoisotopic (exact) mass is 296 g/mol. The van der Waals surface area contributed by atoms with E-state index < -0.39 is 0 Å². The zero-order valence-electron chi connectivity index (χ0n) is 13.0. The minimum absolute atomic E-state index is 0.492. The van der Waals surface area contributed by atoms with E-state index in [9.17, 15) is 0 Å². The van der Waals surface area contributed by atoms with Crippen molar-refractivity contribution in [1.82, 2.24) is 20.1 Å². The van der Waals surface area contributed by atoms with Gasteiger partial charge in [-0.15, -0.1) is 11.3 Å². The van der Waals surface area contributed by atoms with Crippen molar-refractivity contribution in [2.75, 3.05) is 40.3 Å². The third kappa shape index (κ3) is 4.52. The summed E-state index contributed by atoms with van der Waals surface area (Å²) in [7, 11) is 4.51. The van der Waals surface area contributed by atoms with Crippen molar-refractivity contribution < 1.29 is 0 Å². The maximum atomic E-state index is 4.47. The lowest BCUT2D eigenvalue weighted by Crippen LogP contribution is -2.53. The Labute approximate surface area is 127 Å². The minimum Gasteiger partial charge on any atom is -0.312 e. The third-order valence-corrected chi connectivity index (χ3v) is 4.92. The number of rotatable bonds is 6. The highest BCUT2D eigenvalue weighted by Gasteiger charge is 2.28. The van der Waals surface area contributed by atoms with E-state index in [0.29, 0.717) is 12.1 Å². The number of thiazole rings is 1. The average Bonchev–Trinajstić information content (AvgIpc) is 2.87. The first kappa shape index (κ1) is 15.9. The van der Waals surface area contributed by atoms with Crippen LogP contribution in [0.3, 0.4) is 0 Å². The average molecular weight is 296 g/mol. The summed E-state index contributed by atoms with van der Waals surface area (Å²) in [5, 5.41) is 7.08. The Morgan fingerprint density at radius 2 is 2.30 bits per heavy atom. The number of aromatic nitrogens is 1. The van der Waals surface area contributed by atoms with Gasteiger partial charge in [-0.2, -0.15) is 0 Å². The summed E-state index contributed by atoms with van der Waals surface area (Å²) in [6, 6.07) is 1.06. The van der Waals surface area contributed by atoms with Crippen LogP contribution in [0.4, 0.5) is 0 Å². The maximum Gasteiger partial charge on any atom is 0.0940 e. The molecule has 1 aromatic heterocycles. The number of likely N-dealkylation sites (N-methyl/N-ethyl adjacent to an activating group) is 2. The van der Waals surface area contributed by atoms with Gasteiger partial charge in [0.25, 0.3) is 0 Å². The number of hydrogen-bond donors (Lipinski definition) is 1. The van der Waals surface area contributed by atoms with E-state index in [1.54, 1.807) is 11.3 Å². The summed E-state index contributed by atoms with van der Waals surface area (Å²) in [4.78, 5) is 9.47. The van der Waals surface area contributed by atoms with Crippen molar-refractivity contribution >= 4 is 11.3 Å². The van der Waals surface area contributed by atoms with Gasteiger partial charge in [0.2, 0.25) is 0 Å². The minimum atomic E-state index is 0.492. The van der Waals surface area contributed by atoms with Crippen LogP contribution in [0, 0.1) is 0 Å². The summed E-state index contributed by atoms with van der Waals surface area (Å²) < 4.78 is 0. The molecular weight excluding hydrogens is 268 g/mol. The van der Waals surface area contributed by atoms with Gasteiger partial charge < -0.3 is 15.1 Å². The predicted molar refractivity (Wildman–Crippen MR) is 86.4 cm³/mol. The molecule has 1 fully saturated rings. The Kier molecular flexibility index (Phi) is 6.42. The van der Waals surface area contributed by atoms with Gasteiger partial charge in [0.05, 0.1) is 5.01 Å².